The van der Waals surface area contributed by atoms with Gasteiger partial charge in [0.05, 0.1) is 6.33 Å². The molecule has 0 spiro atoms. The fourth-order valence-corrected chi connectivity index (χ4v) is 2.32. The van der Waals surface area contributed by atoms with Gasteiger partial charge in [0, 0.05) is 18.1 Å². The molecule has 2 N–H and O–H groups in total. The van der Waals surface area contributed by atoms with Crippen LogP contribution in [0.25, 0.3) is 11.8 Å². The van der Waals surface area contributed by atoms with Crippen LogP contribution in [0.5, 0.6) is 5.75 Å². The van der Waals surface area contributed by atoms with Gasteiger partial charge in [-0.2, -0.15) is 0 Å². The van der Waals surface area contributed by atoms with Gasteiger partial charge in [-0.25, -0.2) is 9.78 Å². The summed E-state index contributed by atoms with van der Waals surface area (Å²) in [5.74, 6) is -1.30. The lowest BCUT2D eigenvalue weighted by atomic mass is 9.93. The number of hydrogen-bond donors (Lipinski definition) is 2. The number of carboxylic acid groups (broad SMARTS) is 1. The molecule has 0 aliphatic heterocycles. The zero-order valence-electron chi connectivity index (χ0n) is 10.1. The number of rotatable bonds is 2. The Labute approximate surface area is 109 Å². The lowest BCUT2D eigenvalue weighted by Gasteiger charge is -2.18. The zero-order valence-corrected chi connectivity index (χ0v) is 10.1. The van der Waals surface area contributed by atoms with Crippen molar-refractivity contribution in [1.82, 2.24) is 9.55 Å². The van der Waals surface area contributed by atoms with Gasteiger partial charge in [0.1, 0.15) is 11.3 Å². The molecule has 0 saturated carbocycles. The molecule has 5 nitrogen and oxygen atoms in total. The fraction of sp³-hybridized carbons (Fsp3) is 0.143. The Morgan fingerprint density at radius 1 is 1.32 bits per heavy atom. The number of hydrogen-bond acceptors (Lipinski definition) is 3. The Morgan fingerprint density at radius 3 is 2.84 bits per heavy atom. The highest BCUT2D eigenvalue weighted by Gasteiger charge is 2.17. The normalized spacial score (nSPS) is 13.8. The van der Waals surface area contributed by atoms with Crippen LogP contribution in [-0.2, 0) is 6.42 Å². The Morgan fingerprint density at radius 2 is 2.16 bits per heavy atom. The largest absolute Gasteiger partial charge is 0.507 e. The predicted octanol–water partition coefficient (Wildman–Crippen LogP) is 2.23. The van der Waals surface area contributed by atoms with E-state index in [0.717, 1.165) is 29.7 Å². The summed E-state index contributed by atoms with van der Waals surface area (Å²) in [6.45, 7) is 0. The van der Waals surface area contributed by atoms with Crippen LogP contribution in [-0.4, -0.2) is 25.7 Å². The molecule has 3 rings (SSSR count). The van der Waals surface area contributed by atoms with E-state index in [1.54, 1.807) is 18.6 Å². The topological polar surface area (TPSA) is 75.3 Å². The van der Waals surface area contributed by atoms with Crippen molar-refractivity contribution in [3.05, 3.63) is 47.5 Å². The van der Waals surface area contributed by atoms with Crippen LogP contribution in [0.4, 0.5) is 0 Å². The zero-order chi connectivity index (χ0) is 13.4. The molecule has 96 valence electrons. The van der Waals surface area contributed by atoms with E-state index in [1.807, 2.05) is 16.8 Å². The minimum Gasteiger partial charge on any atom is -0.507 e. The second kappa shape index (κ2) is 4.28. The van der Waals surface area contributed by atoms with Crippen LogP contribution >= 0.6 is 0 Å². The summed E-state index contributed by atoms with van der Waals surface area (Å²) >= 11 is 0. The number of nitrogens with zero attached hydrogens (tertiary/aromatic N) is 2. The van der Waals surface area contributed by atoms with Crippen LogP contribution in [0.2, 0.25) is 0 Å². The number of aryl methyl sites for hydroxylation is 1. The third-order valence-electron chi connectivity index (χ3n) is 3.30. The standard InChI is InChI=1S/C14H12N2O3/c17-13-7-9-1-2-11(16-4-3-15-8-16)5-10(9)6-12(13)14(18)19/h3-8,17H,1-2H2,(H,18,19). The van der Waals surface area contributed by atoms with Crippen molar-refractivity contribution in [2.45, 2.75) is 12.8 Å². The van der Waals surface area contributed by atoms with Crippen molar-refractivity contribution < 1.29 is 15.0 Å². The van der Waals surface area contributed by atoms with E-state index in [1.165, 1.54) is 6.07 Å². The summed E-state index contributed by atoms with van der Waals surface area (Å²) in [6, 6.07) is 3.06. The van der Waals surface area contributed by atoms with E-state index in [4.69, 9.17) is 5.11 Å². The van der Waals surface area contributed by atoms with Gasteiger partial charge in [-0.05, 0) is 42.2 Å². The number of imidazole rings is 1. The maximum absolute atomic E-state index is 11.0. The average Bonchev–Trinajstić information content (AvgIpc) is 2.91. The van der Waals surface area contributed by atoms with Gasteiger partial charge in [0.2, 0.25) is 0 Å². The van der Waals surface area contributed by atoms with Crippen LogP contribution in [0.3, 0.4) is 0 Å². The fourth-order valence-electron chi connectivity index (χ4n) is 2.32. The number of aromatic hydroxyl groups is 1. The number of fused-ring (bicyclic) bond motifs is 1. The van der Waals surface area contributed by atoms with E-state index in [9.17, 15) is 9.90 Å². The number of aromatic carboxylic acids is 1. The minimum absolute atomic E-state index is 0.0677. The molecular weight excluding hydrogens is 244 g/mol. The molecule has 0 bridgehead atoms. The van der Waals surface area contributed by atoms with Crippen molar-refractivity contribution in [2.75, 3.05) is 0 Å². The monoisotopic (exact) mass is 256 g/mol. The van der Waals surface area contributed by atoms with Crippen molar-refractivity contribution in [1.29, 1.82) is 0 Å². The van der Waals surface area contributed by atoms with E-state index in [0.29, 0.717) is 0 Å². The molecule has 0 amide bonds. The van der Waals surface area contributed by atoms with Crippen LogP contribution in [0.15, 0.2) is 30.9 Å². The second-order valence-corrected chi connectivity index (χ2v) is 4.48. The Hall–Kier alpha value is -2.56. The van der Waals surface area contributed by atoms with E-state index < -0.39 is 5.97 Å². The summed E-state index contributed by atoms with van der Waals surface area (Å²) in [4.78, 5) is 15.0. The van der Waals surface area contributed by atoms with Gasteiger partial charge in [-0.3, -0.25) is 0 Å². The molecule has 1 aromatic heterocycles. The van der Waals surface area contributed by atoms with Crippen LogP contribution in [0.1, 0.15) is 27.9 Å². The molecule has 5 heteroatoms. The van der Waals surface area contributed by atoms with E-state index in [2.05, 4.69) is 4.98 Å². The highest BCUT2D eigenvalue weighted by atomic mass is 16.4. The first-order valence-corrected chi connectivity index (χ1v) is 5.93. The quantitative estimate of drug-likeness (QED) is 0.864. The van der Waals surface area contributed by atoms with Gasteiger partial charge < -0.3 is 14.8 Å². The van der Waals surface area contributed by atoms with Crippen molar-refractivity contribution in [2.24, 2.45) is 0 Å². The maximum atomic E-state index is 11.0. The maximum Gasteiger partial charge on any atom is 0.339 e. The lowest BCUT2D eigenvalue weighted by molar-refractivity contribution is 0.0693. The molecule has 0 saturated heterocycles. The summed E-state index contributed by atoms with van der Waals surface area (Å²) in [5, 5.41) is 18.7. The molecule has 1 aliphatic carbocycles. The Bertz CT molecular complexity index is 672. The first-order chi connectivity index (χ1) is 9.15. The smallest absolute Gasteiger partial charge is 0.339 e. The van der Waals surface area contributed by atoms with Crippen LogP contribution < -0.4 is 0 Å². The third kappa shape index (κ3) is 1.99. The molecular formula is C14H12N2O3. The number of carboxylic acids is 1. The molecule has 0 unspecified atom stereocenters. The molecule has 1 aliphatic rings. The first kappa shape index (κ1) is 11.5. The molecule has 19 heavy (non-hydrogen) atoms. The van der Waals surface area contributed by atoms with Crippen molar-refractivity contribution in [3.8, 4) is 5.75 Å². The molecule has 0 radical (unpaired) electrons. The highest BCUT2D eigenvalue weighted by Crippen LogP contribution is 2.31. The number of allylic oxidation sites excluding steroid dienone is 1. The number of phenols is 1. The molecule has 2 aromatic rings. The van der Waals surface area contributed by atoms with E-state index >= 15 is 0 Å². The SMILES string of the molecule is O=C(O)c1cc2c(cc1O)CCC(n1ccnc1)=C2. The van der Waals surface area contributed by atoms with Gasteiger partial charge in [-0.1, -0.05) is 0 Å². The Balaban J connectivity index is 2.09. The number of carbonyl (C=O) groups is 1. The van der Waals surface area contributed by atoms with Gasteiger partial charge in [0.25, 0.3) is 0 Å². The molecule has 1 heterocycles. The minimum atomic E-state index is -1.12. The molecule has 0 fully saturated rings. The summed E-state index contributed by atoms with van der Waals surface area (Å²) in [5.41, 5.74) is 2.80. The van der Waals surface area contributed by atoms with Gasteiger partial charge in [0.15, 0.2) is 0 Å². The Kier molecular flexibility index (Phi) is 2.59. The third-order valence-corrected chi connectivity index (χ3v) is 3.30. The lowest BCUT2D eigenvalue weighted by Crippen LogP contribution is -2.06. The van der Waals surface area contributed by atoms with Gasteiger partial charge >= 0.3 is 5.97 Å². The predicted molar refractivity (Wildman–Crippen MR) is 69.8 cm³/mol. The highest BCUT2D eigenvalue weighted by molar-refractivity contribution is 5.92. The second-order valence-electron chi connectivity index (χ2n) is 4.48. The summed E-state index contributed by atoms with van der Waals surface area (Å²) in [6.07, 6.45) is 8.81. The van der Waals surface area contributed by atoms with E-state index in [-0.39, 0.29) is 11.3 Å². The number of aromatic nitrogens is 2. The van der Waals surface area contributed by atoms with Crippen LogP contribution in [0, 0.1) is 0 Å². The van der Waals surface area contributed by atoms with Crippen molar-refractivity contribution >= 4 is 17.7 Å². The van der Waals surface area contributed by atoms with Crippen molar-refractivity contribution in [3.63, 3.8) is 0 Å². The number of benzene rings is 1. The average molecular weight is 256 g/mol. The van der Waals surface area contributed by atoms with Gasteiger partial charge in [-0.15, -0.1) is 0 Å². The molecule has 0 atom stereocenters. The summed E-state index contributed by atoms with van der Waals surface area (Å²) < 4.78 is 1.91. The summed E-state index contributed by atoms with van der Waals surface area (Å²) in [7, 11) is 0. The molecule has 1 aromatic carbocycles. The first-order valence-electron chi connectivity index (χ1n) is 5.93.